The number of hydrazone groups is 1. The second kappa shape index (κ2) is 12.4. The van der Waals surface area contributed by atoms with Crippen LogP contribution in [0.25, 0.3) is 11.3 Å². The van der Waals surface area contributed by atoms with Gasteiger partial charge in [-0.15, -0.1) is 0 Å². The van der Waals surface area contributed by atoms with Gasteiger partial charge in [-0.3, -0.25) is 19.7 Å². The highest BCUT2D eigenvalue weighted by atomic mass is 32.2. The summed E-state index contributed by atoms with van der Waals surface area (Å²) < 4.78 is 40.6. The summed E-state index contributed by atoms with van der Waals surface area (Å²) >= 11 is 0.614. The van der Waals surface area contributed by atoms with Gasteiger partial charge in [0.15, 0.2) is 5.16 Å². The van der Waals surface area contributed by atoms with Crippen LogP contribution in [0, 0.1) is 10.1 Å². The van der Waals surface area contributed by atoms with Crippen molar-refractivity contribution in [3.05, 3.63) is 106 Å². The van der Waals surface area contributed by atoms with Crippen molar-refractivity contribution < 1.29 is 27.7 Å². The number of amides is 2. The lowest BCUT2D eigenvalue weighted by Crippen LogP contribution is -2.18. The molecule has 0 unspecified atom stereocenters. The summed E-state index contributed by atoms with van der Waals surface area (Å²) in [5.41, 5.74) is 1.99. The summed E-state index contributed by atoms with van der Waals surface area (Å²) in [6, 6.07) is 19.0. The first-order valence-electron chi connectivity index (χ1n) is 11.7. The third-order valence-electron chi connectivity index (χ3n) is 5.27. The molecule has 0 aliphatic heterocycles. The summed E-state index contributed by atoms with van der Waals surface area (Å²) in [7, 11) is 0. The molecule has 0 aliphatic carbocycles. The standard InChI is InChI=1S/C27H19F3N6O4S/c1-16(37)32-20-9-5-8-19(13-20)25(38)35-31-15-17-10-11-23(22(12-17)36(39)40)41-26-33-21(18-6-3-2-4-7-18)14-24(34-26)27(28,29)30/h2-15H,1H3,(H,32,37)(H,35,38)/b31-15+. The van der Waals surface area contributed by atoms with Crippen LogP contribution in [0.15, 0.2) is 94.0 Å². The number of rotatable bonds is 8. The van der Waals surface area contributed by atoms with Crippen LogP contribution >= 0.6 is 11.8 Å². The lowest BCUT2D eigenvalue weighted by atomic mass is 10.1. The molecule has 0 atom stereocenters. The maximum Gasteiger partial charge on any atom is 0.433 e. The van der Waals surface area contributed by atoms with E-state index in [9.17, 15) is 32.9 Å². The van der Waals surface area contributed by atoms with E-state index in [0.717, 1.165) is 12.1 Å². The number of carbonyl (C=O) groups is 2. The summed E-state index contributed by atoms with van der Waals surface area (Å²) in [4.78, 5) is 42.5. The van der Waals surface area contributed by atoms with Gasteiger partial charge in [0.2, 0.25) is 5.91 Å². The Hall–Kier alpha value is -5.11. The fourth-order valence-corrected chi connectivity index (χ4v) is 4.35. The minimum absolute atomic E-state index is 0.00399. The minimum Gasteiger partial charge on any atom is -0.326 e. The SMILES string of the molecule is CC(=O)Nc1cccc(C(=O)N/N=C/c2ccc(Sc3nc(-c4ccccc4)cc(C(F)(F)F)n3)c([N+](=O)[O-])c2)c1. The fraction of sp³-hybridized carbons (Fsp3) is 0.0741. The first-order valence-corrected chi connectivity index (χ1v) is 12.5. The molecule has 208 valence electrons. The smallest absolute Gasteiger partial charge is 0.326 e. The number of benzene rings is 3. The van der Waals surface area contributed by atoms with E-state index in [-0.39, 0.29) is 32.8 Å². The summed E-state index contributed by atoms with van der Waals surface area (Å²) in [6.07, 6.45) is -3.59. The molecule has 2 N–H and O–H groups in total. The van der Waals surface area contributed by atoms with Gasteiger partial charge in [-0.1, -0.05) is 42.5 Å². The third kappa shape index (κ3) is 7.73. The summed E-state index contributed by atoms with van der Waals surface area (Å²) in [5.74, 6) is -0.897. The Morgan fingerprint density at radius 2 is 1.76 bits per heavy atom. The molecule has 0 fully saturated rings. The normalized spacial score (nSPS) is 11.3. The molecule has 0 radical (unpaired) electrons. The molecule has 0 saturated carbocycles. The number of anilines is 1. The number of nitro groups is 1. The van der Waals surface area contributed by atoms with Gasteiger partial charge in [-0.25, -0.2) is 15.4 Å². The zero-order valence-corrected chi connectivity index (χ0v) is 21.9. The second-order valence-electron chi connectivity index (χ2n) is 8.33. The summed E-state index contributed by atoms with van der Waals surface area (Å²) in [6.45, 7) is 1.33. The number of hydrogen-bond donors (Lipinski definition) is 2. The fourth-order valence-electron chi connectivity index (χ4n) is 3.49. The number of carbonyl (C=O) groups excluding carboxylic acids is 2. The topological polar surface area (TPSA) is 139 Å². The number of hydrogen-bond acceptors (Lipinski definition) is 8. The van der Waals surface area contributed by atoms with Crippen LogP contribution in [0.2, 0.25) is 0 Å². The lowest BCUT2D eigenvalue weighted by Gasteiger charge is -2.11. The number of aromatic nitrogens is 2. The maximum absolute atomic E-state index is 13.5. The van der Waals surface area contributed by atoms with E-state index in [4.69, 9.17) is 0 Å². The summed E-state index contributed by atoms with van der Waals surface area (Å²) in [5, 5.41) is 17.8. The highest BCUT2D eigenvalue weighted by Gasteiger charge is 2.34. The molecule has 4 aromatic rings. The molecule has 41 heavy (non-hydrogen) atoms. The molecule has 0 saturated heterocycles. The quantitative estimate of drug-likeness (QED) is 0.114. The number of nitrogens with one attached hydrogen (secondary N) is 2. The van der Waals surface area contributed by atoms with Crippen LogP contribution in [-0.4, -0.2) is 32.9 Å². The van der Waals surface area contributed by atoms with Gasteiger partial charge in [-0.2, -0.15) is 18.3 Å². The van der Waals surface area contributed by atoms with E-state index >= 15 is 0 Å². The molecule has 1 heterocycles. The van der Waals surface area contributed by atoms with E-state index < -0.39 is 28.4 Å². The Kier molecular flexibility index (Phi) is 8.72. The van der Waals surface area contributed by atoms with Crippen molar-refractivity contribution in [1.82, 2.24) is 15.4 Å². The van der Waals surface area contributed by atoms with Gasteiger partial charge in [0, 0.05) is 35.4 Å². The van der Waals surface area contributed by atoms with Gasteiger partial charge in [0.25, 0.3) is 11.6 Å². The van der Waals surface area contributed by atoms with Crippen LogP contribution in [0.5, 0.6) is 0 Å². The Morgan fingerprint density at radius 3 is 2.44 bits per heavy atom. The molecule has 14 heteroatoms. The van der Waals surface area contributed by atoms with E-state index in [2.05, 4.69) is 25.8 Å². The number of halogens is 3. The average molecular weight is 581 g/mol. The van der Waals surface area contributed by atoms with E-state index in [0.29, 0.717) is 23.0 Å². The second-order valence-corrected chi connectivity index (χ2v) is 9.34. The third-order valence-corrected chi connectivity index (χ3v) is 6.20. The maximum atomic E-state index is 13.5. The first kappa shape index (κ1) is 28.9. The van der Waals surface area contributed by atoms with Crippen molar-refractivity contribution in [2.45, 2.75) is 23.2 Å². The van der Waals surface area contributed by atoms with Gasteiger partial charge < -0.3 is 5.32 Å². The van der Waals surface area contributed by atoms with Gasteiger partial charge >= 0.3 is 6.18 Å². The van der Waals surface area contributed by atoms with Gasteiger partial charge in [0.1, 0.15) is 5.69 Å². The van der Waals surface area contributed by atoms with E-state index in [1.54, 1.807) is 42.5 Å². The highest BCUT2D eigenvalue weighted by molar-refractivity contribution is 7.99. The monoisotopic (exact) mass is 580 g/mol. The molecule has 1 aromatic heterocycles. The number of nitrogens with zero attached hydrogens (tertiary/aromatic N) is 4. The van der Waals surface area contributed by atoms with Crippen molar-refractivity contribution in [1.29, 1.82) is 0 Å². The highest BCUT2D eigenvalue weighted by Crippen LogP contribution is 2.37. The number of alkyl halides is 3. The predicted molar refractivity (Wildman–Crippen MR) is 145 cm³/mol. The average Bonchev–Trinajstić information content (AvgIpc) is 2.93. The Labute approximate surface area is 234 Å². The van der Waals surface area contributed by atoms with Crippen LogP contribution in [-0.2, 0) is 11.0 Å². The largest absolute Gasteiger partial charge is 0.433 e. The molecule has 3 aromatic carbocycles. The van der Waals surface area contributed by atoms with E-state index in [1.165, 1.54) is 37.4 Å². The van der Waals surface area contributed by atoms with Crippen molar-refractivity contribution in [3.8, 4) is 11.3 Å². The zero-order chi connectivity index (χ0) is 29.6. The van der Waals surface area contributed by atoms with Crippen LogP contribution < -0.4 is 10.7 Å². The molecule has 10 nitrogen and oxygen atoms in total. The van der Waals surface area contributed by atoms with Gasteiger partial charge in [-0.05, 0) is 42.1 Å². The van der Waals surface area contributed by atoms with Crippen molar-refractivity contribution in [2.24, 2.45) is 5.10 Å². The Bertz CT molecular complexity index is 1650. The van der Waals surface area contributed by atoms with Crippen molar-refractivity contribution in [2.75, 3.05) is 5.32 Å². The Balaban J connectivity index is 1.56. The molecule has 0 bridgehead atoms. The lowest BCUT2D eigenvalue weighted by molar-refractivity contribution is -0.387. The van der Waals surface area contributed by atoms with Crippen LogP contribution in [0.1, 0.15) is 28.5 Å². The van der Waals surface area contributed by atoms with E-state index in [1.807, 2.05) is 0 Å². The molecule has 0 aliphatic rings. The zero-order valence-electron chi connectivity index (χ0n) is 21.0. The van der Waals surface area contributed by atoms with Crippen LogP contribution in [0.3, 0.4) is 0 Å². The van der Waals surface area contributed by atoms with Crippen LogP contribution in [0.4, 0.5) is 24.5 Å². The molecular formula is C27H19F3N6O4S. The molecule has 4 rings (SSSR count). The number of nitro benzene ring substituents is 1. The molecular weight excluding hydrogens is 561 g/mol. The molecule has 2 amide bonds. The Morgan fingerprint density at radius 1 is 1.00 bits per heavy atom. The minimum atomic E-state index is -4.76. The predicted octanol–water partition coefficient (Wildman–Crippen LogP) is 5.94. The van der Waals surface area contributed by atoms with Crippen molar-refractivity contribution >= 4 is 41.2 Å². The van der Waals surface area contributed by atoms with Gasteiger partial charge in [0.05, 0.1) is 21.7 Å². The first-order chi connectivity index (χ1) is 19.5. The molecule has 0 spiro atoms. The van der Waals surface area contributed by atoms with Crippen molar-refractivity contribution in [3.63, 3.8) is 0 Å².